The van der Waals surface area contributed by atoms with Crippen molar-refractivity contribution in [3.05, 3.63) is 0 Å². The van der Waals surface area contributed by atoms with Crippen LogP contribution in [0.15, 0.2) is 5.10 Å². The van der Waals surface area contributed by atoms with Gasteiger partial charge in [0.05, 0.1) is 6.61 Å². The van der Waals surface area contributed by atoms with Gasteiger partial charge >= 0.3 is 0 Å². The van der Waals surface area contributed by atoms with E-state index in [1.165, 1.54) is 0 Å². The van der Waals surface area contributed by atoms with Crippen molar-refractivity contribution in [2.75, 3.05) is 6.61 Å². The molecule has 3 heteroatoms. The van der Waals surface area contributed by atoms with E-state index in [4.69, 9.17) is 4.74 Å². The van der Waals surface area contributed by atoms with E-state index in [2.05, 4.69) is 17.2 Å². The molecule has 1 aliphatic rings. The number of epoxide rings is 1. The maximum atomic E-state index is 4.70. The van der Waals surface area contributed by atoms with Crippen LogP contribution in [-0.2, 0) is 4.74 Å². The quantitative estimate of drug-likeness (QED) is 0.280. The van der Waals surface area contributed by atoms with Gasteiger partial charge in [0.1, 0.15) is 0 Å². The third-order valence-corrected chi connectivity index (χ3v) is 0.569. The van der Waals surface area contributed by atoms with Gasteiger partial charge in [-0.25, -0.2) is 0 Å². The molecule has 1 N–H and O–H groups in total. The summed E-state index contributed by atoms with van der Waals surface area (Å²) in [5.41, 5.74) is 2.61. The lowest BCUT2D eigenvalue weighted by molar-refractivity contribution is 0.375. The molecule has 0 saturated carbocycles. The molecule has 0 spiro atoms. The predicted octanol–water partition coefficient (Wildman–Crippen LogP) is -0.452. The molecule has 1 heterocycles. The number of hydrogen-bond donors (Lipinski definition) is 1. The van der Waals surface area contributed by atoms with Crippen LogP contribution in [-0.4, -0.2) is 19.6 Å². The van der Waals surface area contributed by atoms with Crippen LogP contribution in [0.1, 0.15) is 0 Å². The van der Waals surface area contributed by atoms with E-state index < -0.39 is 0 Å². The predicted molar refractivity (Wildman–Crippen MR) is 22.4 cm³/mol. The van der Waals surface area contributed by atoms with Crippen molar-refractivity contribution >= 4 is 6.72 Å². The van der Waals surface area contributed by atoms with Gasteiger partial charge in [-0.1, -0.05) is 0 Å². The summed E-state index contributed by atoms with van der Waals surface area (Å²) in [5.74, 6) is 0. The second-order valence-corrected chi connectivity index (χ2v) is 1.11. The molecule has 0 radical (unpaired) electrons. The summed E-state index contributed by atoms with van der Waals surface area (Å²) in [6.45, 7) is 3.98. The number of rotatable bonds is 2. The van der Waals surface area contributed by atoms with Gasteiger partial charge < -0.3 is 4.74 Å². The highest BCUT2D eigenvalue weighted by Crippen LogP contribution is 2.01. The van der Waals surface area contributed by atoms with Crippen molar-refractivity contribution in [1.29, 1.82) is 0 Å². The maximum absolute atomic E-state index is 4.70. The molecule has 0 aromatic carbocycles. The van der Waals surface area contributed by atoms with E-state index >= 15 is 0 Å². The van der Waals surface area contributed by atoms with Gasteiger partial charge in [-0.2, -0.15) is 5.10 Å². The Morgan fingerprint density at radius 2 is 2.67 bits per heavy atom. The lowest BCUT2D eigenvalue weighted by Crippen LogP contribution is -2.07. The molecular formula is C3H6N2O. The minimum Gasteiger partial charge on any atom is -0.350 e. The highest BCUT2D eigenvalue weighted by atomic mass is 16.6. The first kappa shape index (κ1) is 3.61. The van der Waals surface area contributed by atoms with Crippen molar-refractivity contribution in [2.24, 2.45) is 5.10 Å². The van der Waals surface area contributed by atoms with E-state index in [-0.39, 0.29) is 6.23 Å². The summed E-state index contributed by atoms with van der Waals surface area (Å²) in [5, 5.41) is 3.37. The summed E-state index contributed by atoms with van der Waals surface area (Å²) >= 11 is 0. The second-order valence-electron chi connectivity index (χ2n) is 1.11. The summed E-state index contributed by atoms with van der Waals surface area (Å²) < 4.78 is 4.70. The van der Waals surface area contributed by atoms with Crippen LogP contribution in [0.5, 0.6) is 0 Å². The van der Waals surface area contributed by atoms with E-state index in [0.717, 1.165) is 6.61 Å². The average molecular weight is 86.1 g/mol. The number of nitrogens with one attached hydrogen (secondary N) is 1. The molecular weight excluding hydrogens is 80.0 g/mol. The Hall–Kier alpha value is -0.570. The van der Waals surface area contributed by atoms with E-state index in [9.17, 15) is 0 Å². The van der Waals surface area contributed by atoms with Crippen LogP contribution in [0.4, 0.5) is 0 Å². The van der Waals surface area contributed by atoms with Crippen LogP contribution in [0.3, 0.4) is 0 Å². The molecule has 1 atom stereocenters. The summed E-state index contributed by atoms with van der Waals surface area (Å²) in [4.78, 5) is 0. The molecule has 0 amide bonds. The van der Waals surface area contributed by atoms with Crippen LogP contribution >= 0.6 is 0 Å². The molecule has 6 heavy (non-hydrogen) atoms. The average Bonchev–Trinajstić information content (AvgIpc) is 2.21. The minimum atomic E-state index is 0.169. The highest BCUT2D eigenvalue weighted by molar-refractivity contribution is 5.22. The van der Waals surface area contributed by atoms with Crippen molar-refractivity contribution in [2.45, 2.75) is 6.23 Å². The Labute approximate surface area is 36.0 Å². The number of ether oxygens (including phenoxy) is 1. The van der Waals surface area contributed by atoms with Gasteiger partial charge in [0.15, 0.2) is 6.23 Å². The van der Waals surface area contributed by atoms with Gasteiger partial charge in [0, 0.05) is 6.72 Å². The molecule has 1 fully saturated rings. The maximum Gasteiger partial charge on any atom is 0.166 e. The molecule has 0 aromatic heterocycles. The van der Waals surface area contributed by atoms with Crippen LogP contribution in [0, 0.1) is 0 Å². The third-order valence-electron chi connectivity index (χ3n) is 0.569. The Bertz CT molecular complexity index is 59.8. The molecule has 0 aliphatic carbocycles. The molecule has 3 nitrogen and oxygen atoms in total. The lowest BCUT2D eigenvalue weighted by Gasteiger charge is -1.83. The fraction of sp³-hybridized carbons (Fsp3) is 0.667. The SMILES string of the molecule is C=NNC1CO1. The lowest BCUT2D eigenvalue weighted by atomic mass is 10.8. The van der Waals surface area contributed by atoms with Gasteiger partial charge in [-0.15, -0.1) is 0 Å². The van der Waals surface area contributed by atoms with Gasteiger partial charge in [-0.05, 0) is 0 Å². The summed E-state index contributed by atoms with van der Waals surface area (Å²) in [6, 6.07) is 0. The Morgan fingerprint density at radius 3 is 2.83 bits per heavy atom. The normalized spacial score (nSPS) is 29.0. The van der Waals surface area contributed by atoms with E-state index in [1.54, 1.807) is 0 Å². The molecule has 34 valence electrons. The number of hydrogen-bond acceptors (Lipinski definition) is 3. The molecule has 1 saturated heterocycles. The minimum absolute atomic E-state index is 0.169. The van der Waals surface area contributed by atoms with Crippen molar-refractivity contribution in [1.82, 2.24) is 5.43 Å². The third kappa shape index (κ3) is 0.687. The van der Waals surface area contributed by atoms with E-state index in [1.807, 2.05) is 0 Å². The Balaban J connectivity index is 2.00. The molecule has 1 aliphatic heterocycles. The first-order valence-electron chi connectivity index (χ1n) is 1.76. The highest BCUT2D eigenvalue weighted by Gasteiger charge is 2.20. The summed E-state index contributed by atoms with van der Waals surface area (Å²) in [7, 11) is 0. The largest absolute Gasteiger partial charge is 0.350 e. The number of nitrogens with zero attached hydrogens (tertiary/aromatic N) is 1. The fourth-order valence-corrected chi connectivity index (χ4v) is 0.224. The molecule has 0 bridgehead atoms. The standard InChI is InChI=1S/C3H6N2O/c1-4-5-3-2-6-3/h3,5H,1-2H2. The van der Waals surface area contributed by atoms with E-state index in [0.29, 0.717) is 0 Å². The first-order valence-corrected chi connectivity index (χ1v) is 1.76. The molecule has 1 unspecified atom stereocenters. The zero-order valence-electron chi connectivity index (χ0n) is 3.35. The Morgan fingerprint density at radius 1 is 2.00 bits per heavy atom. The Kier molecular flexibility index (Phi) is 0.759. The monoisotopic (exact) mass is 86.0 g/mol. The zero-order chi connectivity index (χ0) is 4.41. The van der Waals surface area contributed by atoms with Gasteiger partial charge in [0.25, 0.3) is 0 Å². The van der Waals surface area contributed by atoms with Crippen molar-refractivity contribution < 1.29 is 4.74 Å². The van der Waals surface area contributed by atoms with Crippen molar-refractivity contribution in [3.63, 3.8) is 0 Å². The van der Waals surface area contributed by atoms with Crippen LogP contribution in [0.25, 0.3) is 0 Å². The van der Waals surface area contributed by atoms with Gasteiger partial charge in [0.2, 0.25) is 0 Å². The zero-order valence-corrected chi connectivity index (χ0v) is 3.35. The molecule has 0 aromatic rings. The topological polar surface area (TPSA) is 36.9 Å². The second kappa shape index (κ2) is 1.26. The van der Waals surface area contributed by atoms with Crippen LogP contribution < -0.4 is 5.43 Å². The fourth-order valence-electron chi connectivity index (χ4n) is 0.224. The first-order chi connectivity index (χ1) is 2.93. The smallest absolute Gasteiger partial charge is 0.166 e. The van der Waals surface area contributed by atoms with Crippen molar-refractivity contribution in [3.8, 4) is 0 Å². The number of hydrazone groups is 1. The van der Waals surface area contributed by atoms with Crippen LogP contribution in [0.2, 0.25) is 0 Å². The molecule has 1 rings (SSSR count). The summed E-state index contributed by atoms with van der Waals surface area (Å²) in [6.07, 6.45) is 0.169. The van der Waals surface area contributed by atoms with Gasteiger partial charge in [-0.3, -0.25) is 5.43 Å².